The largest absolute Gasteiger partial charge is 0.317 e. The van der Waals surface area contributed by atoms with E-state index in [2.05, 4.69) is 20.6 Å². The van der Waals surface area contributed by atoms with E-state index in [1.807, 2.05) is 18.2 Å². The van der Waals surface area contributed by atoms with Crippen LogP contribution in [0.4, 0.5) is 5.95 Å². The van der Waals surface area contributed by atoms with Crippen molar-refractivity contribution in [3.63, 3.8) is 0 Å². The molecule has 2 amide bonds. The fraction of sp³-hybridized carbons (Fsp3) is 0. The Morgan fingerprint density at radius 2 is 1.02 bits per heavy atom. The average molecular weight is 545 g/mol. The number of amides is 2. The molecular weight excluding hydrogens is 519 g/mol. The molecule has 7 nitrogen and oxygen atoms in total. The zero-order chi connectivity index (χ0) is 27.8. The van der Waals surface area contributed by atoms with Crippen LogP contribution in [0.3, 0.4) is 0 Å². The molecule has 40 heavy (non-hydrogen) atoms. The molecule has 1 heterocycles. The van der Waals surface area contributed by atoms with E-state index in [1.54, 1.807) is 109 Å². The number of anilines is 1. The Bertz CT molecular complexity index is 1640. The van der Waals surface area contributed by atoms with Gasteiger partial charge in [0.15, 0.2) is 7.14 Å². The second-order valence-corrected chi connectivity index (χ2v) is 11.4. The van der Waals surface area contributed by atoms with Crippen molar-refractivity contribution in [2.75, 3.05) is 5.32 Å². The molecule has 5 rings (SSSR count). The maximum Gasteiger partial charge on any atom is 0.275 e. The maximum atomic E-state index is 15.6. The van der Waals surface area contributed by atoms with Crippen LogP contribution >= 0.6 is 7.14 Å². The van der Waals surface area contributed by atoms with E-state index in [0.29, 0.717) is 21.7 Å². The monoisotopic (exact) mass is 544 g/mol. The average Bonchev–Trinajstić information content (AvgIpc) is 3.03. The van der Waals surface area contributed by atoms with Crippen molar-refractivity contribution in [3.8, 4) is 0 Å². The van der Waals surface area contributed by atoms with Gasteiger partial charge >= 0.3 is 0 Å². The summed E-state index contributed by atoms with van der Waals surface area (Å²) in [7, 11) is -3.76. The van der Waals surface area contributed by atoms with Gasteiger partial charge in [0.2, 0.25) is 5.95 Å². The summed E-state index contributed by atoms with van der Waals surface area (Å²) in [5.41, 5.74) is 0.694. The summed E-state index contributed by atoms with van der Waals surface area (Å²) in [5.74, 6) is -1.19. The number of hydrogen-bond acceptors (Lipinski definition) is 5. The molecule has 2 N–H and O–H groups in total. The first-order chi connectivity index (χ1) is 19.6. The number of carbonyl (C=O) groups excluding carboxylic acids is 2. The Morgan fingerprint density at radius 3 is 1.52 bits per heavy atom. The predicted octanol–water partition coefficient (Wildman–Crippen LogP) is 5.23. The minimum Gasteiger partial charge on any atom is -0.317 e. The van der Waals surface area contributed by atoms with Crippen molar-refractivity contribution in [2.24, 2.45) is 0 Å². The van der Waals surface area contributed by atoms with Crippen molar-refractivity contribution < 1.29 is 14.2 Å². The molecule has 196 valence electrons. The lowest BCUT2D eigenvalue weighted by Crippen LogP contribution is -2.33. The number of hydrogen-bond donors (Lipinski definition) is 2. The van der Waals surface area contributed by atoms with Crippen LogP contribution in [0.15, 0.2) is 145 Å². The van der Waals surface area contributed by atoms with Gasteiger partial charge in [0, 0.05) is 28.6 Å². The van der Waals surface area contributed by atoms with E-state index in [0.717, 1.165) is 0 Å². The first kappa shape index (κ1) is 26.5. The number of nitrogens with zero attached hydrogens (tertiary/aromatic N) is 2. The fourth-order valence-corrected chi connectivity index (χ4v) is 7.27. The van der Waals surface area contributed by atoms with Crippen LogP contribution in [0.25, 0.3) is 5.31 Å². The lowest BCUT2D eigenvalue weighted by Gasteiger charge is -2.26. The van der Waals surface area contributed by atoms with Crippen LogP contribution in [0.5, 0.6) is 0 Å². The van der Waals surface area contributed by atoms with Crippen LogP contribution in [0, 0.1) is 0 Å². The van der Waals surface area contributed by atoms with Crippen molar-refractivity contribution in [3.05, 3.63) is 157 Å². The number of aromatic nitrogens is 2. The zero-order valence-electron chi connectivity index (χ0n) is 21.3. The zero-order valence-corrected chi connectivity index (χ0v) is 22.2. The highest BCUT2D eigenvalue weighted by molar-refractivity contribution is 7.87. The summed E-state index contributed by atoms with van der Waals surface area (Å²) in [4.78, 5) is 35.7. The van der Waals surface area contributed by atoms with Gasteiger partial charge in [-0.1, -0.05) is 109 Å². The highest BCUT2D eigenvalue weighted by Crippen LogP contribution is 2.57. The molecule has 0 unspecified atom stereocenters. The smallest absolute Gasteiger partial charge is 0.275 e. The van der Waals surface area contributed by atoms with E-state index in [-0.39, 0.29) is 17.0 Å². The summed E-state index contributed by atoms with van der Waals surface area (Å²) < 4.78 is 15.6. The number of benzene rings is 4. The fourth-order valence-electron chi connectivity index (χ4n) is 4.29. The highest BCUT2D eigenvalue weighted by atomic mass is 31.2. The van der Waals surface area contributed by atoms with Gasteiger partial charge in [-0.05, 0) is 23.8 Å². The van der Waals surface area contributed by atoms with Gasteiger partial charge in [-0.2, -0.15) is 0 Å². The third-order valence-corrected chi connectivity index (χ3v) is 9.29. The molecule has 0 aliphatic heterocycles. The van der Waals surface area contributed by atoms with Crippen molar-refractivity contribution in [2.45, 2.75) is 0 Å². The summed E-state index contributed by atoms with van der Waals surface area (Å²) >= 11 is 0. The predicted molar refractivity (Wildman–Crippen MR) is 158 cm³/mol. The third-order valence-electron chi connectivity index (χ3n) is 6.13. The standard InChI is InChI=1S/C32H25N4O3P/c37-30(25-16-7-2-8-17-25)35-28(31(38)36-32-33-22-13-23-34-32)29(24-14-5-1-6-15-24)40(39,26-18-9-3-10-19-26)27-20-11-4-12-21-27/h1-23H,(H,35,37)(H,33,34,36,38). The molecule has 4 aromatic carbocycles. The number of carbonyl (C=O) groups is 2. The Morgan fingerprint density at radius 1 is 0.575 bits per heavy atom. The summed E-state index contributed by atoms with van der Waals surface area (Å²) in [6, 6.07) is 37.1. The van der Waals surface area contributed by atoms with E-state index in [1.165, 1.54) is 12.4 Å². The molecule has 1 aromatic heterocycles. The highest BCUT2D eigenvalue weighted by Gasteiger charge is 2.38. The topological polar surface area (TPSA) is 101 Å². The van der Waals surface area contributed by atoms with Gasteiger partial charge < -0.3 is 9.88 Å². The van der Waals surface area contributed by atoms with Crippen LogP contribution in [-0.4, -0.2) is 21.8 Å². The van der Waals surface area contributed by atoms with E-state index in [9.17, 15) is 9.59 Å². The maximum absolute atomic E-state index is 15.6. The van der Waals surface area contributed by atoms with Gasteiger partial charge in [-0.15, -0.1) is 0 Å². The van der Waals surface area contributed by atoms with Crippen LogP contribution < -0.4 is 21.2 Å². The van der Waals surface area contributed by atoms with Gasteiger partial charge in [-0.25, -0.2) is 9.97 Å². The molecule has 0 saturated carbocycles. The quantitative estimate of drug-likeness (QED) is 0.206. The summed E-state index contributed by atoms with van der Waals surface area (Å²) in [6.07, 6.45) is 2.98. The van der Waals surface area contributed by atoms with Crippen molar-refractivity contribution in [1.29, 1.82) is 0 Å². The van der Waals surface area contributed by atoms with Crippen LogP contribution in [0.1, 0.15) is 15.9 Å². The van der Waals surface area contributed by atoms with E-state index >= 15 is 4.57 Å². The summed E-state index contributed by atoms with van der Waals surface area (Å²) in [6.45, 7) is 0. The van der Waals surface area contributed by atoms with E-state index in [4.69, 9.17) is 0 Å². The molecule has 0 spiro atoms. The lowest BCUT2D eigenvalue weighted by molar-refractivity contribution is -0.113. The molecule has 0 aliphatic carbocycles. The van der Waals surface area contributed by atoms with Gasteiger partial charge in [0.1, 0.15) is 5.70 Å². The molecule has 5 aromatic rings. The molecule has 0 fully saturated rings. The van der Waals surface area contributed by atoms with Gasteiger partial charge in [0.05, 0.1) is 5.31 Å². The Labute approximate surface area is 232 Å². The second kappa shape index (κ2) is 12.2. The second-order valence-electron chi connectivity index (χ2n) is 8.72. The SMILES string of the molecule is O=C(Nc1ncccn1)C(NC(=O)c1ccccc1)=C(c1ccccc1)P(=O)(c1ccccc1)c1ccccc1. The molecule has 0 saturated heterocycles. The molecule has 8 heteroatoms. The number of nitrogens with one attached hydrogen (secondary N) is 2. The van der Waals surface area contributed by atoms with Gasteiger partial charge in [-0.3, -0.25) is 14.9 Å². The molecular formula is C32H25N4O3P. The van der Waals surface area contributed by atoms with Crippen LogP contribution in [0.2, 0.25) is 0 Å². The Hall–Kier alpha value is -5.13. The first-order valence-electron chi connectivity index (χ1n) is 12.5. The molecule has 0 aliphatic rings. The first-order valence-corrected chi connectivity index (χ1v) is 14.2. The summed E-state index contributed by atoms with van der Waals surface area (Å²) in [5, 5.41) is 6.67. The van der Waals surface area contributed by atoms with Crippen molar-refractivity contribution in [1.82, 2.24) is 15.3 Å². The normalized spacial score (nSPS) is 11.7. The minimum absolute atomic E-state index is 0.0422. The molecule has 0 atom stereocenters. The van der Waals surface area contributed by atoms with E-state index < -0.39 is 19.0 Å². The Balaban J connectivity index is 1.81. The molecule has 0 bridgehead atoms. The minimum atomic E-state index is -3.76. The van der Waals surface area contributed by atoms with Crippen molar-refractivity contribution >= 4 is 40.8 Å². The lowest BCUT2D eigenvalue weighted by atomic mass is 10.1. The Kier molecular flexibility index (Phi) is 8.05. The molecule has 0 radical (unpaired) electrons. The number of rotatable bonds is 8. The van der Waals surface area contributed by atoms with Gasteiger partial charge in [0.25, 0.3) is 11.8 Å². The third kappa shape index (κ3) is 5.65. The van der Waals surface area contributed by atoms with Crippen LogP contribution in [-0.2, 0) is 9.36 Å².